The predicted octanol–water partition coefficient (Wildman–Crippen LogP) is 4.34. The first-order chi connectivity index (χ1) is 12.3. The number of benzene rings is 1. The molecule has 9 heteroatoms. The van der Waals surface area contributed by atoms with E-state index in [1.165, 1.54) is 25.1 Å². The molecule has 0 fully saturated rings. The number of hydrogen-bond acceptors (Lipinski definition) is 5. The Morgan fingerprint density at radius 3 is 2.58 bits per heavy atom. The Hall–Kier alpha value is -2.38. The van der Waals surface area contributed by atoms with Gasteiger partial charge in [-0.15, -0.1) is 0 Å². The van der Waals surface area contributed by atoms with E-state index in [2.05, 4.69) is 15.0 Å². The Morgan fingerprint density at radius 2 is 2.00 bits per heavy atom. The number of carbonyl (C=O) groups is 2. The van der Waals surface area contributed by atoms with E-state index in [0.29, 0.717) is 0 Å². The summed E-state index contributed by atoms with van der Waals surface area (Å²) in [5, 5.41) is 2.45. The molecule has 6 nitrogen and oxygen atoms in total. The van der Waals surface area contributed by atoms with Crippen LogP contribution in [-0.2, 0) is 9.53 Å². The van der Waals surface area contributed by atoms with Crippen LogP contribution in [0.15, 0.2) is 18.2 Å². The molecular weight excluding hydrogens is 386 g/mol. The molecule has 0 atom stereocenters. The molecule has 1 N–H and O–H groups in total. The molecular formula is C17H15Cl2FN2O4. The predicted molar refractivity (Wildman–Crippen MR) is 96.5 cm³/mol. The van der Waals surface area contributed by atoms with Gasteiger partial charge in [-0.05, 0) is 25.1 Å². The SMILES string of the molecule is CCOc1c(Cl)ccc(-c2cc(NC(C)=O)c(Cl)c(C(=O)OC)n2)c1F. The third kappa shape index (κ3) is 4.05. The lowest BCUT2D eigenvalue weighted by Crippen LogP contribution is -2.12. The molecule has 0 radical (unpaired) electrons. The number of nitrogens with zero attached hydrogens (tertiary/aromatic N) is 1. The van der Waals surface area contributed by atoms with Crippen molar-refractivity contribution in [3.05, 3.63) is 39.8 Å². The lowest BCUT2D eigenvalue weighted by molar-refractivity contribution is -0.114. The number of esters is 1. The Kier molecular flexibility index (Phi) is 6.39. The van der Waals surface area contributed by atoms with Crippen molar-refractivity contribution >= 4 is 40.8 Å². The molecule has 0 spiro atoms. The molecule has 0 saturated heterocycles. The Labute approximate surface area is 159 Å². The number of anilines is 1. The largest absolute Gasteiger partial charge is 0.489 e. The normalized spacial score (nSPS) is 10.4. The van der Waals surface area contributed by atoms with Crippen LogP contribution in [0.5, 0.6) is 5.75 Å². The van der Waals surface area contributed by atoms with Crippen LogP contribution in [0.2, 0.25) is 10.0 Å². The average molecular weight is 401 g/mol. The van der Waals surface area contributed by atoms with Gasteiger partial charge in [0.15, 0.2) is 17.3 Å². The zero-order chi connectivity index (χ0) is 19.4. The van der Waals surface area contributed by atoms with Gasteiger partial charge in [-0.1, -0.05) is 23.2 Å². The van der Waals surface area contributed by atoms with Crippen molar-refractivity contribution in [1.29, 1.82) is 0 Å². The summed E-state index contributed by atoms with van der Waals surface area (Å²) in [5.74, 6) is -2.14. The Bertz CT molecular complexity index is 874. The zero-order valence-corrected chi connectivity index (χ0v) is 15.7. The number of rotatable bonds is 5. The fraction of sp³-hybridized carbons (Fsp3) is 0.235. The minimum atomic E-state index is -0.831. The summed E-state index contributed by atoms with van der Waals surface area (Å²) < 4.78 is 24.7. The van der Waals surface area contributed by atoms with Gasteiger partial charge in [0.1, 0.15) is 0 Å². The average Bonchev–Trinajstić information content (AvgIpc) is 2.59. The number of halogens is 3. The van der Waals surface area contributed by atoms with Gasteiger partial charge >= 0.3 is 5.97 Å². The third-order valence-corrected chi connectivity index (χ3v) is 3.94. The van der Waals surface area contributed by atoms with Crippen molar-refractivity contribution in [3.8, 4) is 17.0 Å². The van der Waals surface area contributed by atoms with E-state index in [9.17, 15) is 14.0 Å². The van der Waals surface area contributed by atoms with Crippen molar-refractivity contribution in [2.75, 3.05) is 19.0 Å². The fourth-order valence-corrected chi connectivity index (χ4v) is 2.61. The monoisotopic (exact) mass is 400 g/mol. The second-order valence-electron chi connectivity index (χ2n) is 5.06. The van der Waals surface area contributed by atoms with E-state index in [1.807, 2.05) is 0 Å². The molecule has 1 heterocycles. The highest BCUT2D eigenvalue weighted by Gasteiger charge is 2.22. The van der Waals surface area contributed by atoms with Crippen molar-refractivity contribution in [1.82, 2.24) is 4.98 Å². The van der Waals surface area contributed by atoms with E-state index in [1.54, 1.807) is 6.92 Å². The molecule has 138 valence electrons. The van der Waals surface area contributed by atoms with E-state index >= 15 is 0 Å². The minimum absolute atomic E-state index is 0.0197. The van der Waals surface area contributed by atoms with Crippen LogP contribution in [0, 0.1) is 5.82 Å². The molecule has 0 saturated carbocycles. The molecule has 0 aliphatic rings. The quantitative estimate of drug-likeness (QED) is 0.755. The van der Waals surface area contributed by atoms with Crippen molar-refractivity contribution in [2.24, 2.45) is 0 Å². The highest BCUT2D eigenvalue weighted by atomic mass is 35.5. The van der Waals surface area contributed by atoms with Crippen LogP contribution in [0.1, 0.15) is 24.3 Å². The first-order valence-corrected chi connectivity index (χ1v) is 8.23. The molecule has 0 aliphatic carbocycles. The minimum Gasteiger partial charge on any atom is -0.489 e. The van der Waals surface area contributed by atoms with E-state index in [-0.39, 0.29) is 45.0 Å². The third-order valence-electron chi connectivity index (χ3n) is 3.26. The van der Waals surface area contributed by atoms with Gasteiger partial charge in [0.25, 0.3) is 0 Å². The van der Waals surface area contributed by atoms with E-state index < -0.39 is 17.7 Å². The molecule has 1 aromatic carbocycles. The van der Waals surface area contributed by atoms with Crippen LogP contribution >= 0.6 is 23.2 Å². The van der Waals surface area contributed by atoms with E-state index in [0.717, 1.165) is 7.11 Å². The number of ether oxygens (including phenoxy) is 2. The second kappa shape index (κ2) is 8.33. The second-order valence-corrected chi connectivity index (χ2v) is 5.85. The highest BCUT2D eigenvalue weighted by Crippen LogP contribution is 2.37. The lowest BCUT2D eigenvalue weighted by Gasteiger charge is -2.14. The molecule has 2 aromatic rings. The van der Waals surface area contributed by atoms with Crippen LogP contribution in [-0.4, -0.2) is 30.6 Å². The summed E-state index contributed by atoms with van der Waals surface area (Å²) in [5.41, 5.74) is -0.0976. The summed E-state index contributed by atoms with van der Waals surface area (Å²) in [6, 6.07) is 4.17. The summed E-state index contributed by atoms with van der Waals surface area (Å²) >= 11 is 12.1. The van der Waals surface area contributed by atoms with Gasteiger partial charge in [0.2, 0.25) is 5.91 Å². The van der Waals surface area contributed by atoms with Gasteiger partial charge in [-0.3, -0.25) is 4.79 Å². The molecule has 2 rings (SSSR count). The van der Waals surface area contributed by atoms with E-state index in [4.69, 9.17) is 27.9 Å². The van der Waals surface area contributed by atoms with Crippen LogP contribution in [0.25, 0.3) is 11.3 Å². The summed E-state index contributed by atoms with van der Waals surface area (Å²) in [6.45, 7) is 3.16. The maximum absolute atomic E-state index is 14.8. The standard InChI is InChI=1S/C17H15Cl2FN2O4/c1-4-26-16-10(18)6-5-9(14(16)20)11-7-12(21-8(2)23)13(19)15(22-11)17(24)25-3/h5-7H,4H2,1-3H3,(H,21,22,23). The van der Waals surface area contributed by atoms with Crippen LogP contribution in [0.3, 0.4) is 0 Å². The number of carbonyl (C=O) groups excluding carboxylic acids is 2. The molecule has 26 heavy (non-hydrogen) atoms. The summed E-state index contributed by atoms with van der Waals surface area (Å²) in [6.07, 6.45) is 0. The number of nitrogens with one attached hydrogen (secondary N) is 1. The number of pyridine rings is 1. The Morgan fingerprint density at radius 1 is 1.31 bits per heavy atom. The summed E-state index contributed by atoms with van der Waals surface area (Å²) in [4.78, 5) is 27.4. The maximum Gasteiger partial charge on any atom is 0.358 e. The topological polar surface area (TPSA) is 77.5 Å². The Balaban J connectivity index is 2.71. The highest BCUT2D eigenvalue weighted by molar-refractivity contribution is 6.36. The van der Waals surface area contributed by atoms with Crippen LogP contribution in [0.4, 0.5) is 10.1 Å². The van der Waals surface area contributed by atoms with Gasteiger partial charge in [-0.2, -0.15) is 0 Å². The molecule has 1 amide bonds. The maximum atomic E-state index is 14.8. The van der Waals surface area contributed by atoms with Gasteiger partial charge < -0.3 is 14.8 Å². The van der Waals surface area contributed by atoms with Crippen LogP contribution < -0.4 is 10.1 Å². The fourth-order valence-electron chi connectivity index (χ4n) is 2.19. The zero-order valence-electron chi connectivity index (χ0n) is 14.2. The van der Waals surface area contributed by atoms with Gasteiger partial charge in [-0.25, -0.2) is 14.2 Å². The first kappa shape index (κ1) is 19.9. The van der Waals surface area contributed by atoms with Crippen molar-refractivity contribution < 1.29 is 23.5 Å². The first-order valence-electron chi connectivity index (χ1n) is 7.47. The molecule has 0 aliphatic heterocycles. The number of aromatic nitrogens is 1. The molecule has 0 bridgehead atoms. The number of hydrogen-bond donors (Lipinski definition) is 1. The molecule has 0 unspecified atom stereocenters. The molecule has 1 aromatic heterocycles. The van der Waals surface area contributed by atoms with Crippen molar-refractivity contribution in [3.63, 3.8) is 0 Å². The number of amides is 1. The van der Waals surface area contributed by atoms with Gasteiger partial charge in [0, 0.05) is 12.5 Å². The van der Waals surface area contributed by atoms with Crippen molar-refractivity contribution in [2.45, 2.75) is 13.8 Å². The summed E-state index contributed by atoms with van der Waals surface area (Å²) in [7, 11) is 1.15. The van der Waals surface area contributed by atoms with Gasteiger partial charge in [0.05, 0.1) is 35.1 Å². The smallest absolute Gasteiger partial charge is 0.358 e. The lowest BCUT2D eigenvalue weighted by atomic mass is 10.1. The number of methoxy groups -OCH3 is 1.